The number of likely N-dealkylation sites (tertiary alicyclic amines) is 1. The van der Waals surface area contributed by atoms with Gasteiger partial charge in [0.2, 0.25) is 5.91 Å². The molecule has 80 valence electrons. The molecule has 15 heavy (non-hydrogen) atoms. The van der Waals surface area contributed by atoms with Crippen molar-refractivity contribution >= 4 is 5.91 Å². The first-order chi connectivity index (χ1) is 7.02. The van der Waals surface area contributed by atoms with Crippen LogP contribution in [0.3, 0.4) is 0 Å². The van der Waals surface area contributed by atoms with Crippen molar-refractivity contribution < 1.29 is 4.79 Å². The highest BCUT2D eigenvalue weighted by Gasteiger charge is 2.43. The molecule has 1 aliphatic rings. The molecule has 0 saturated carbocycles. The zero-order chi connectivity index (χ0) is 11.1. The molecule has 2 heterocycles. The summed E-state index contributed by atoms with van der Waals surface area (Å²) in [5, 5.41) is 0. The summed E-state index contributed by atoms with van der Waals surface area (Å²) in [4.78, 5) is 17.8. The van der Waals surface area contributed by atoms with Gasteiger partial charge in [-0.25, -0.2) is 0 Å². The fourth-order valence-corrected chi connectivity index (χ4v) is 2.24. The van der Waals surface area contributed by atoms with Gasteiger partial charge < -0.3 is 4.90 Å². The molecule has 0 spiro atoms. The summed E-state index contributed by atoms with van der Waals surface area (Å²) in [6.45, 7) is 4.00. The molecule has 0 bridgehead atoms. The van der Waals surface area contributed by atoms with Crippen molar-refractivity contribution in [1.82, 2.24) is 9.88 Å². The highest BCUT2D eigenvalue weighted by atomic mass is 16.2. The standard InChI is InChI=1S/C12H16N2O/c1-12(2)7-10(14(3)11(12)15)9-5-4-6-13-8-9/h4-6,8,10H,7H2,1-3H3/t10-/m1/s1. The second kappa shape index (κ2) is 3.33. The monoisotopic (exact) mass is 204 g/mol. The summed E-state index contributed by atoms with van der Waals surface area (Å²) in [7, 11) is 1.87. The molecule has 2 rings (SSSR count). The minimum absolute atomic E-state index is 0.182. The lowest BCUT2D eigenvalue weighted by Crippen LogP contribution is -2.28. The van der Waals surface area contributed by atoms with Gasteiger partial charge in [0.1, 0.15) is 0 Å². The van der Waals surface area contributed by atoms with Crippen molar-refractivity contribution in [3.63, 3.8) is 0 Å². The SMILES string of the molecule is CN1C(=O)C(C)(C)C[C@@H]1c1cccnc1. The Bertz CT molecular complexity index is 372. The van der Waals surface area contributed by atoms with Crippen LogP contribution in [0.4, 0.5) is 0 Å². The summed E-state index contributed by atoms with van der Waals surface area (Å²) in [6.07, 6.45) is 4.47. The van der Waals surface area contributed by atoms with Crippen LogP contribution >= 0.6 is 0 Å². The van der Waals surface area contributed by atoms with E-state index in [4.69, 9.17) is 0 Å². The Morgan fingerprint density at radius 2 is 2.27 bits per heavy atom. The Morgan fingerprint density at radius 1 is 1.53 bits per heavy atom. The summed E-state index contributed by atoms with van der Waals surface area (Å²) >= 11 is 0. The molecule has 1 aliphatic heterocycles. The maximum atomic E-state index is 11.9. The van der Waals surface area contributed by atoms with Crippen LogP contribution in [-0.2, 0) is 4.79 Å². The number of carbonyl (C=O) groups is 1. The fraction of sp³-hybridized carbons (Fsp3) is 0.500. The molecule has 1 aromatic rings. The highest BCUT2D eigenvalue weighted by molar-refractivity contribution is 5.84. The molecular weight excluding hydrogens is 188 g/mol. The van der Waals surface area contributed by atoms with Crippen molar-refractivity contribution in [3.8, 4) is 0 Å². The first kappa shape index (κ1) is 10.1. The lowest BCUT2D eigenvalue weighted by atomic mass is 9.88. The van der Waals surface area contributed by atoms with Crippen molar-refractivity contribution in [2.24, 2.45) is 5.41 Å². The normalized spacial score (nSPS) is 24.6. The van der Waals surface area contributed by atoms with E-state index < -0.39 is 0 Å². The number of rotatable bonds is 1. The lowest BCUT2D eigenvalue weighted by molar-refractivity contribution is -0.134. The molecule has 1 saturated heterocycles. The van der Waals surface area contributed by atoms with Gasteiger partial charge in [0, 0.05) is 24.9 Å². The van der Waals surface area contributed by atoms with E-state index in [1.807, 2.05) is 44.1 Å². The average molecular weight is 204 g/mol. The molecule has 0 unspecified atom stereocenters. The van der Waals surface area contributed by atoms with Gasteiger partial charge in [-0.3, -0.25) is 9.78 Å². The molecule has 1 aromatic heterocycles. The van der Waals surface area contributed by atoms with E-state index in [0.717, 1.165) is 12.0 Å². The molecule has 3 nitrogen and oxygen atoms in total. The fourth-order valence-electron chi connectivity index (χ4n) is 2.24. The molecular formula is C12H16N2O. The average Bonchev–Trinajstić information content (AvgIpc) is 2.44. The maximum Gasteiger partial charge on any atom is 0.228 e. The number of nitrogens with zero attached hydrogens (tertiary/aromatic N) is 2. The van der Waals surface area contributed by atoms with Gasteiger partial charge in [-0.2, -0.15) is 0 Å². The topological polar surface area (TPSA) is 33.2 Å². The third kappa shape index (κ3) is 1.62. The number of aromatic nitrogens is 1. The van der Waals surface area contributed by atoms with E-state index >= 15 is 0 Å². The van der Waals surface area contributed by atoms with Crippen molar-refractivity contribution in [2.45, 2.75) is 26.3 Å². The Hall–Kier alpha value is -1.38. The van der Waals surface area contributed by atoms with Gasteiger partial charge in [-0.15, -0.1) is 0 Å². The summed E-state index contributed by atoms with van der Waals surface area (Å²) in [5.41, 5.74) is 0.883. The van der Waals surface area contributed by atoms with E-state index in [9.17, 15) is 4.79 Å². The van der Waals surface area contributed by atoms with Crippen molar-refractivity contribution in [1.29, 1.82) is 0 Å². The zero-order valence-electron chi connectivity index (χ0n) is 9.40. The summed E-state index contributed by atoms with van der Waals surface area (Å²) in [5.74, 6) is 0.219. The summed E-state index contributed by atoms with van der Waals surface area (Å²) < 4.78 is 0. The van der Waals surface area contributed by atoms with Crippen LogP contribution in [0.5, 0.6) is 0 Å². The van der Waals surface area contributed by atoms with Crippen LogP contribution in [0.25, 0.3) is 0 Å². The van der Waals surface area contributed by atoms with Gasteiger partial charge in [-0.05, 0) is 18.1 Å². The molecule has 1 fully saturated rings. The van der Waals surface area contributed by atoms with Crippen molar-refractivity contribution in [3.05, 3.63) is 30.1 Å². The number of amides is 1. The first-order valence-corrected chi connectivity index (χ1v) is 5.19. The number of hydrogen-bond acceptors (Lipinski definition) is 2. The predicted molar refractivity (Wildman–Crippen MR) is 58.1 cm³/mol. The highest BCUT2D eigenvalue weighted by Crippen LogP contribution is 2.42. The third-order valence-corrected chi connectivity index (χ3v) is 3.14. The van der Waals surface area contributed by atoms with Gasteiger partial charge in [0.15, 0.2) is 0 Å². The first-order valence-electron chi connectivity index (χ1n) is 5.19. The minimum Gasteiger partial charge on any atom is -0.338 e. The molecule has 3 heteroatoms. The van der Waals surface area contributed by atoms with Crippen LogP contribution in [0.15, 0.2) is 24.5 Å². The largest absolute Gasteiger partial charge is 0.338 e. The number of pyridine rings is 1. The lowest BCUT2D eigenvalue weighted by Gasteiger charge is -2.19. The number of hydrogen-bond donors (Lipinski definition) is 0. The van der Waals surface area contributed by atoms with Gasteiger partial charge in [0.05, 0.1) is 6.04 Å². The maximum absolute atomic E-state index is 11.9. The Morgan fingerprint density at radius 3 is 2.73 bits per heavy atom. The molecule has 0 radical (unpaired) electrons. The quantitative estimate of drug-likeness (QED) is 0.701. The van der Waals surface area contributed by atoms with Gasteiger partial charge in [0.25, 0.3) is 0 Å². The van der Waals surface area contributed by atoms with Gasteiger partial charge in [-0.1, -0.05) is 19.9 Å². The van der Waals surface area contributed by atoms with E-state index in [1.165, 1.54) is 0 Å². The van der Waals surface area contributed by atoms with Crippen LogP contribution in [0, 0.1) is 5.41 Å². The van der Waals surface area contributed by atoms with E-state index in [0.29, 0.717) is 0 Å². The second-order valence-corrected chi connectivity index (χ2v) is 4.81. The Kier molecular flexibility index (Phi) is 2.25. The number of carbonyl (C=O) groups excluding carboxylic acids is 1. The zero-order valence-corrected chi connectivity index (χ0v) is 9.40. The van der Waals surface area contributed by atoms with Crippen molar-refractivity contribution in [2.75, 3.05) is 7.05 Å². The van der Waals surface area contributed by atoms with E-state index in [1.54, 1.807) is 6.20 Å². The smallest absolute Gasteiger partial charge is 0.228 e. The predicted octanol–water partition coefficient (Wildman–Crippen LogP) is 2.01. The van der Waals surface area contributed by atoms with Crippen LogP contribution < -0.4 is 0 Å². The molecule has 0 aliphatic carbocycles. The Balaban J connectivity index is 2.31. The molecule has 1 amide bonds. The van der Waals surface area contributed by atoms with E-state index in [2.05, 4.69) is 4.98 Å². The van der Waals surface area contributed by atoms with E-state index in [-0.39, 0.29) is 17.4 Å². The molecule has 1 atom stereocenters. The third-order valence-electron chi connectivity index (χ3n) is 3.14. The van der Waals surface area contributed by atoms with Crippen LogP contribution in [0.1, 0.15) is 31.9 Å². The minimum atomic E-state index is -0.241. The van der Waals surface area contributed by atoms with Gasteiger partial charge >= 0.3 is 0 Å². The summed E-state index contributed by atoms with van der Waals surface area (Å²) in [6, 6.07) is 4.13. The molecule has 0 N–H and O–H groups in total. The molecule has 0 aromatic carbocycles. The van der Waals surface area contributed by atoms with Crippen LogP contribution in [-0.4, -0.2) is 22.8 Å². The Labute approximate surface area is 90.1 Å². The van der Waals surface area contributed by atoms with Crippen LogP contribution in [0.2, 0.25) is 0 Å². The second-order valence-electron chi connectivity index (χ2n) is 4.81.